The lowest BCUT2D eigenvalue weighted by atomic mass is 9.71. The van der Waals surface area contributed by atoms with Crippen LogP contribution in [0.15, 0.2) is 24.5 Å². The molecule has 7 nitrogen and oxygen atoms in total. The predicted octanol–water partition coefficient (Wildman–Crippen LogP) is 0.842. The van der Waals surface area contributed by atoms with Gasteiger partial charge in [-0.25, -0.2) is 12.7 Å². The van der Waals surface area contributed by atoms with Gasteiger partial charge in [0, 0.05) is 51.6 Å². The third-order valence-electron chi connectivity index (χ3n) is 5.57. The van der Waals surface area contributed by atoms with E-state index in [1.165, 1.54) is 6.26 Å². The molecule has 1 atom stereocenters. The summed E-state index contributed by atoms with van der Waals surface area (Å²) in [6, 6.07) is 3.53. The van der Waals surface area contributed by atoms with Gasteiger partial charge < -0.3 is 9.64 Å². The molecular formula is C17H25N3O4S. The first-order valence-corrected chi connectivity index (χ1v) is 10.3. The highest BCUT2D eigenvalue weighted by Crippen LogP contribution is 2.45. The number of pyridine rings is 1. The van der Waals surface area contributed by atoms with Gasteiger partial charge >= 0.3 is 0 Å². The minimum atomic E-state index is -3.21. The van der Waals surface area contributed by atoms with E-state index in [1.807, 2.05) is 4.90 Å². The summed E-state index contributed by atoms with van der Waals surface area (Å²) < 4.78 is 30.9. The number of carbonyl (C=O) groups excluding carboxylic acids is 1. The first-order valence-electron chi connectivity index (χ1n) is 8.49. The van der Waals surface area contributed by atoms with Gasteiger partial charge in [-0.2, -0.15) is 0 Å². The number of methoxy groups -OCH3 is 1. The molecule has 0 bridgehead atoms. The molecular weight excluding hydrogens is 342 g/mol. The summed E-state index contributed by atoms with van der Waals surface area (Å²) in [4.78, 5) is 18.4. The standard InChI is InChI=1S/C17H25N3O4S/c1-24-12-15-11-20(25(2,22)23)13-17(15)5-8-19(9-6-17)16(21)14-4-3-7-18-10-14/h3-4,7,10,15H,5-6,8-9,11-13H2,1-2H3/t15-/m1/s1. The van der Waals surface area contributed by atoms with E-state index < -0.39 is 10.0 Å². The van der Waals surface area contributed by atoms with Crippen molar-refractivity contribution < 1.29 is 17.9 Å². The number of hydrogen-bond donors (Lipinski definition) is 0. The largest absolute Gasteiger partial charge is 0.384 e. The molecule has 0 aromatic carbocycles. The monoisotopic (exact) mass is 367 g/mol. The van der Waals surface area contributed by atoms with Crippen LogP contribution in [-0.4, -0.2) is 74.7 Å². The van der Waals surface area contributed by atoms with Crippen LogP contribution in [-0.2, 0) is 14.8 Å². The number of amides is 1. The molecule has 2 aliphatic rings. The van der Waals surface area contributed by atoms with Crippen molar-refractivity contribution in [3.05, 3.63) is 30.1 Å². The van der Waals surface area contributed by atoms with Crippen LogP contribution in [0, 0.1) is 11.3 Å². The van der Waals surface area contributed by atoms with Crippen molar-refractivity contribution in [3.8, 4) is 0 Å². The van der Waals surface area contributed by atoms with Gasteiger partial charge in [-0.1, -0.05) is 0 Å². The van der Waals surface area contributed by atoms with E-state index in [-0.39, 0.29) is 17.2 Å². The molecule has 1 aromatic heterocycles. The maximum atomic E-state index is 12.6. The van der Waals surface area contributed by atoms with E-state index in [4.69, 9.17) is 4.74 Å². The van der Waals surface area contributed by atoms with Crippen LogP contribution < -0.4 is 0 Å². The lowest BCUT2D eigenvalue weighted by molar-refractivity contribution is 0.0327. The highest BCUT2D eigenvalue weighted by atomic mass is 32.2. The Labute approximate surface area is 149 Å². The molecule has 2 aliphatic heterocycles. The quantitative estimate of drug-likeness (QED) is 0.788. The normalized spacial score (nSPS) is 23.9. The minimum Gasteiger partial charge on any atom is -0.384 e. The summed E-state index contributed by atoms with van der Waals surface area (Å²) in [5, 5.41) is 0. The Kier molecular flexibility index (Phi) is 5.13. The third-order valence-corrected chi connectivity index (χ3v) is 6.79. The molecule has 138 valence electrons. The van der Waals surface area contributed by atoms with E-state index in [0.717, 1.165) is 12.8 Å². The third kappa shape index (κ3) is 3.70. The Morgan fingerprint density at radius 3 is 2.68 bits per heavy atom. The number of hydrogen-bond acceptors (Lipinski definition) is 5. The molecule has 25 heavy (non-hydrogen) atoms. The van der Waals surface area contributed by atoms with Gasteiger partial charge in [-0.3, -0.25) is 9.78 Å². The minimum absolute atomic E-state index is 0.00999. The predicted molar refractivity (Wildman–Crippen MR) is 93.6 cm³/mol. The molecule has 1 amide bonds. The van der Waals surface area contributed by atoms with Crippen LogP contribution in [0.1, 0.15) is 23.2 Å². The second-order valence-electron chi connectivity index (χ2n) is 7.10. The van der Waals surface area contributed by atoms with Crippen LogP contribution in [0.2, 0.25) is 0 Å². The number of nitrogens with zero attached hydrogens (tertiary/aromatic N) is 3. The van der Waals surface area contributed by atoms with Crippen LogP contribution in [0.25, 0.3) is 0 Å². The number of piperidine rings is 1. The van der Waals surface area contributed by atoms with Crippen molar-refractivity contribution >= 4 is 15.9 Å². The van der Waals surface area contributed by atoms with Crippen molar-refractivity contribution in [3.63, 3.8) is 0 Å². The number of carbonyl (C=O) groups is 1. The topological polar surface area (TPSA) is 79.8 Å². The number of sulfonamides is 1. The zero-order chi connectivity index (χ0) is 18.1. The summed E-state index contributed by atoms with van der Waals surface area (Å²) in [5.74, 6) is 0.159. The SMILES string of the molecule is COC[C@H]1CN(S(C)(=O)=O)CC12CCN(C(=O)c1cccnc1)CC2. The summed E-state index contributed by atoms with van der Waals surface area (Å²) in [6.07, 6.45) is 6.08. The van der Waals surface area contributed by atoms with Gasteiger partial charge in [-0.05, 0) is 30.4 Å². The smallest absolute Gasteiger partial charge is 0.255 e. The molecule has 0 aliphatic carbocycles. The average Bonchev–Trinajstić information content (AvgIpc) is 2.95. The van der Waals surface area contributed by atoms with Crippen LogP contribution >= 0.6 is 0 Å². The lowest BCUT2D eigenvalue weighted by Crippen LogP contribution is -2.47. The molecule has 0 unspecified atom stereocenters. The Morgan fingerprint density at radius 1 is 1.40 bits per heavy atom. The highest BCUT2D eigenvalue weighted by molar-refractivity contribution is 7.88. The number of aromatic nitrogens is 1. The molecule has 1 aromatic rings. The van der Waals surface area contributed by atoms with Gasteiger partial charge in [0.05, 0.1) is 18.4 Å². The van der Waals surface area contributed by atoms with Crippen LogP contribution in [0.5, 0.6) is 0 Å². The second-order valence-corrected chi connectivity index (χ2v) is 9.09. The van der Waals surface area contributed by atoms with Crippen LogP contribution in [0.4, 0.5) is 0 Å². The maximum Gasteiger partial charge on any atom is 0.255 e. The second kappa shape index (κ2) is 7.01. The van der Waals surface area contributed by atoms with Gasteiger partial charge in [0.1, 0.15) is 0 Å². The zero-order valence-electron chi connectivity index (χ0n) is 14.7. The van der Waals surface area contributed by atoms with Gasteiger partial charge in [0.15, 0.2) is 0 Å². The fraction of sp³-hybridized carbons (Fsp3) is 0.647. The summed E-state index contributed by atoms with van der Waals surface area (Å²) in [6.45, 7) is 2.83. The number of likely N-dealkylation sites (tertiary alicyclic amines) is 1. The Balaban J connectivity index is 1.71. The van der Waals surface area contributed by atoms with Crippen molar-refractivity contribution in [2.24, 2.45) is 11.3 Å². The molecule has 0 saturated carbocycles. The Bertz CT molecular complexity index is 715. The summed E-state index contributed by atoms with van der Waals surface area (Å²) in [5.41, 5.74) is 0.487. The molecule has 2 fully saturated rings. The Morgan fingerprint density at radius 2 is 2.12 bits per heavy atom. The van der Waals surface area contributed by atoms with Crippen molar-refractivity contribution in [2.75, 3.05) is 46.2 Å². The molecule has 3 rings (SSSR count). The number of rotatable bonds is 4. The molecule has 0 radical (unpaired) electrons. The highest BCUT2D eigenvalue weighted by Gasteiger charge is 2.50. The molecule has 3 heterocycles. The summed E-state index contributed by atoms with van der Waals surface area (Å²) >= 11 is 0. The van der Waals surface area contributed by atoms with Crippen LogP contribution in [0.3, 0.4) is 0 Å². The van der Waals surface area contributed by atoms with Crippen molar-refractivity contribution in [2.45, 2.75) is 12.8 Å². The molecule has 0 N–H and O–H groups in total. The van der Waals surface area contributed by atoms with E-state index in [2.05, 4.69) is 4.98 Å². The zero-order valence-corrected chi connectivity index (χ0v) is 15.5. The first kappa shape index (κ1) is 18.3. The van der Waals surface area contributed by atoms with E-state index in [1.54, 1.807) is 35.9 Å². The maximum absolute atomic E-state index is 12.6. The van der Waals surface area contributed by atoms with E-state index in [0.29, 0.717) is 38.3 Å². The average molecular weight is 367 g/mol. The molecule has 2 saturated heterocycles. The van der Waals surface area contributed by atoms with Gasteiger partial charge in [-0.15, -0.1) is 0 Å². The fourth-order valence-electron chi connectivity index (χ4n) is 4.06. The lowest BCUT2D eigenvalue weighted by Gasteiger charge is -2.42. The first-order chi connectivity index (χ1) is 11.9. The van der Waals surface area contributed by atoms with Gasteiger partial charge in [0.2, 0.25) is 10.0 Å². The van der Waals surface area contributed by atoms with E-state index in [9.17, 15) is 13.2 Å². The fourth-order valence-corrected chi connectivity index (χ4v) is 5.00. The van der Waals surface area contributed by atoms with Crippen molar-refractivity contribution in [1.29, 1.82) is 0 Å². The van der Waals surface area contributed by atoms with Crippen molar-refractivity contribution in [1.82, 2.24) is 14.2 Å². The van der Waals surface area contributed by atoms with Gasteiger partial charge in [0.25, 0.3) is 5.91 Å². The molecule has 8 heteroatoms. The molecule has 1 spiro atoms. The Hall–Kier alpha value is -1.51. The summed E-state index contributed by atoms with van der Waals surface area (Å²) in [7, 11) is -1.56. The number of ether oxygens (including phenoxy) is 1. The van der Waals surface area contributed by atoms with E-state index >= 15 is 0 Å².